The number of benzene rings is 3. The molecule has 7 heteroatoms. The maximum Gasteiger partial charge on any atom is 0.261 e. The number of ether oxygens (including phenoxy) is 1. The lowest BCUT2D eigenvalue weighted by atomic mass is 9.93. The summed E-state index contributed by atoms with van der Waals surface area (Å²) >= 11 is 0. The Bertz CT molecular complexity index is 1220. The quantitative estimate of drug-likeness (QED) is 0.708. The van der Waals surface area contributed by atoms with Crippen LogP contribution in [0.15, 0.2) is 65.6 Å². The molecule has 29 heavy (non-hydrogen) atoms. The molecule has 0 fully saturated rings. The van der Waals surface area contributed by atoms with E-state index in [9.17, 15) is 13.2 Å². The third-order valence-electron chi connectivity index (χ3n) is 5.08. The molecule has 0 aliphatic carbocycles. The topological polar surface area (TPSA) is 75.7 Å². The molecule has 4 rings (SSSR count). The molecular formula is C22H22N2O4S. The largest absolute Gasteiger partial charge is 0.490 e. The number of fused-ring (bicyclic) bond motifs is 2. The third-order valence-corrected chi connectivity index (χ3v) is 6.46. The van der Waals surface area contributed by atoms with Crippen molar-refractivity contribution in [3.05, 3.63) is 60.7 Å². The number of carbonyl (C=O) groups excluding carboxylic acids is 1. The van der Waals surface area contributed by atoms with Gasteiger partial charge in [-0.2, -0.15) is 0 Å². The van der Waals surface area contributed by atoms with Crippen LogP contribution in [0.25, 0.3) is 10.8 Å². The van der Waals surface area contributed by atoms with Crippen LogP contribution in [0.4, 0.5) is 11.4 Å². The zero-order chi connectivity index (χ0) is 20.8. The first kappa shape index (κ1) is 19.3. The van der Waals surface area contributed by atoms with Crippen LogP contribution in [0.5, 0.6) is 5.75 Å². The fourth-order valence-electron chi connectivity index (χ4n) is 3.40. The highest BCUT2D eigenvalue weighted by molar-refractivity contribution is 7.92. The van der Waals surface area contributed by atoms with E-state index in [0.717, 1.165) is 10.8 Å². The van der Waals surface area contributed by atoms with Gasteiger partial charge in [0.2, 0.25) is 5.91 Å². The second-order valence-corrected chi connectivity index (χ2v) is 9.52. The minimum Gasteiger partial charge on any atom is -0.490 e. The predicted molar refractivity (Wildman–Crippen MR) is 114 cm³/mol. The summed E-state index contributed by atoms with van der Waals surface area (Å²) in [6, 6.07) is 17.5. The SMILES string of the molecule is CN1C(=O)C(C)(C)COc2cc(NS(=O)(=O)c3ccc4ccccc4c3)ccc21. The number of nitrogens with one attached hydrogen (secondary N) is 1. The Labute approximate surface area is 170 Å². The van der Waals surface area contributed by atoms with Crippen LogP contribution in [0.3, 0.4) is 0 Å². The molecule has 0 spiro atoms. The van der Waals surface area contributed by atoms with Gasteiger partial charge in [-0.15, -0.1) is 0 Å². The molecule has 0 unspecified atom stereocenters. The van der Waals surface area contributed by atoms with Crippen LogP contribution in [0.1, 0.15) is 13.8 Å². The lowest BCUT2D eigenvalue weighted by Crippen LogP contribution is -2.39. The minimum absolute atomic E-state index is 0.0549. The number of rotatable bonds is 3. The molecule has 1 aliphatic rings. The number of hydrogen-bond acceptors (Lipinski definition) is 4. The van der Waals surface area contributed by atoms with Crippen LogP contribution in [0.2, 0.25) is 0 Å². The van der Waals surface area contributed by atoms with Gasteiger partial charge in [0.25, 0.3) is 10.0 Å². The summed E-state index contributed by atoms with van der Waals surface area (Å²) in [5.41, 5.74) is 0.310. The summed E-state index contributed by atoms with van der Waals surface area (Å²) in [4.78, 5) is 14.3. The molecule has 0 radical (unpaired) electrons. The van der Waals surface area contributed by atoms with Crippen LogP contribution < -0.4 is 14.4 Å². The van der Waals surface area contributed by atoms with Crippen molar-refractivity contribution in [1.29, 1.82) is 0 Å². The average molecular weight is 410 g/mol. The fourth-order valence-corrected chi connectivity index (χ4v) is 4.49. The van der Waals surface area contributed by atoms with E-state index in [-0.39, 0.29) is 17.4 Å². The van der Waals surface area contributed by atoms with Crippen LogP contribution >= 0.6 is 0 Å². The molecule has 3 aromatic rings. The molecule has 1 heterocycles. The van der Waals surface area contributed by atoms with Gasteiger partial charge in [0.1, 0.15) is 12.4 Å². The summed E-state index contributed by atoms with van der Waals surface area (Å²) in [6.07, 6.45) is 0. The van der Waals surface area contributed by atoms with Crippen molar-refractivity contribution >= 4 is 38.1 Å². The first-order valence-electron chi connectivity index (χ1n) is 9.24. The Hall–Kier alpha value is -3.06. The van der Waals surface area contributed by atoms with E-state index in [4.69, 9.17) is 4.74 Å². The van der Waals surface area contributed by atoms with Gasteiger partial charge in [0.05, 0.1) is 21.7 Å². The average Bonchev–Trinajstić information content (AvgIpc) is 2.78. The first-order valence-corrected chi connectivity index (χ1v) is 10.7. The molecular weight excluding hydrogens is 388 g/mol. The van der Waals surface area contributed by atoms with Crippen molar-refractivity contribution in [2.24, 2.45) is 5.41 Å². The highest BCUT2D eigenvalue weighted by Crippen LogP contribution is 2.37. The summed E-state index contributed by atoms with van der Waals surface area (Å²) in [5.74, 6) is 0.408. The van der Waals surface area contributed by atoms with Gasteiger partial charge in [-0.3, -0.25) is 9.52 Å². The number of hydrogen-bond donors (Lipinski definition) is 1. The zero-order valence-corrected chi connectivity index (χ0v) is 17.3. The molecule has 0 atom stereocenters. The molecule has 0 aromatic heterocycles. The van der Waals surface area contributed by atoms with Gasteiger partial charge in [-0.05, 0) is 48.9 Å². The number of amides is 1. The van der Waals surface area contributed by atoms with Crippen molar-refractivity contribution in [1.82, 2.24) is 0 Å². The van der Waals surface area contributed by atoms with E-state index in [1.807, 2.05) is 38.1 Å². The van der Waals surface area contributed by atoms with E-state index in [0.29, 0.717) is 17.1 Å². The summed E-state index contributed by atoms with van der Waals surface area (Å²) in [5, 5.41) is 1.82. The van der Waals surface area contributed by atoms with Gasteiger partial charge in [0, 0.05) is 13.1 Å². The van der Waals surface area contributed by atoms with Crippen molar-refractivity contribution in [2.45, 2.75) is 18.7 Å². The van der Waals surface area contributed by atoms with Gasteiger partial charge in [-0.25, -0.2) is 8.42 Å². The number of nitrogens with zero attached hydrogens (tertiary/aromatic N) is 1. The maximum absolute atomic E-state index is 12.9. The van der Waals surface area contributed by atoms with Gasteiger partial charge < -0.3 is 9.64 Å². The molecule has 3 aromatic carbocycles. The van der Waals surface area contributed by atoms with E-state index in [1.165, 1.54) is 0 Å². The Kier molecular flexibility index (Phi) is 4.50. The summed E-state index contributed by atoms with van der Waals surface area (Å²) < 4.78 is 34.2. The molecule has 6 nitrogen and oxygen atoms in total. The second kappa shape index (κ2) is 6.77. The summed E-state index contributed by atoms with van der Waals surface area (Å²) in [7, 11) is -2.08. The lowest BCUT2D eigenvalue weighted by Gasteiger charge is -2.24. The van der Waals surface area contributed by atoms with Gasteiger partial charge >= 0.3 is 0 Å². The van der Waals surface area contributed by atoms with Gasteiger partial charge in [0.15, 0.2) is 0 Å². The Morgan fingerprint density at radius 2 is 1.72 bits per heavy atom. The smallest absolute Gasteiger partial charge is 0.261 e. The molecule has 0 saturated carbocycles. The molecule has 0 saturated heterocycles. The normalized spacial score (nSPS) is 16.1. The number of anilines is 2. The van der Waals surface area contributed by atoms with Crippen molar-refractivity contribution in [2.75, 3.05) is 23.3 Å². The molecule has 1 amide bonds. The number of sulfonamides is 1. The standard InChI is InChI=1S/C22H22N2O4S/c1-22(2)14-28-20-13-17(9-11-19(20)24(3)21(22)25)23-29(26,27)18-10-8-15-6-4-5-7-16(15)12-18/h4-13,23H,14H2,1-3H3. The van der Waals surface area contributed by atoms with E-state index >= 15 is 0 Å². The predicted octanol–water partition coefficient (Wildman–Crippen LogP) is 4.02. The van der Waals surface area contributed by atoms with Crippen molar-refractivity contribution in [3.63, 3.8) is 0 Å². The zero-order valence-electron chi connectivity index (χ0n) is 16.5. The highest BCUT2D eigenvalue weighted by atomic mass is 32.2. The molecule has 0 bridgehead atoms. The minimum atomic E-state index is -3.77. The van der Waals surface area contributed by atoms with E-state index < -0.39 is 15.4 Å². The lowest BCUT2D eigenvalue weighted by molar-refractivity contribution is -0.127. The molecule has 150 valence electrons. The Morgan fingerprint density at radius 1 is 1.00 bits per heavy atom. The van der Waals surface area contributed by atoms with Crippen molar-refractivity contribution in [3.8, 4) is 5.75 Å². The Balaban J connectivity index is 1.66. The first-order chi connectivity index (χ1) is 13.7. The monoisotopic (exact) mass is 410 g/mol. The van der Waals surface area contributed by atoms with Gasteiger partial charge in [-0.1, -0.05) is 30.3 Å². The Morgan fingerprint density at radius 3 is 2.48 bits per heavy atom. The molecule has 1 N–H and O–H groups in total. The van der Waals surface area contributed by atoms with E-state index in [1.54, 1.807) is 48.3 Å². The van der Waals surface area contributed by atoms with Crippen LogP contribution in [0, 0.1) is 5.41 Å². The van der Waals surface area contributed by atoms with E-state index in [2.05, 4.69) is 4.72 Å². The number of carbonyl (C=O) groups is 1. The third kappa shape index (κ3) is 3.53. The van der Waals surface area contributed by atoms with Crippen molar-refractivity contribution < 1.29 is 17.9 Å². The highest BCUT2D eigenvalue weighted by Gasteiger charge is 2.36. The molecule has 1 aliphatic heterocycles. The fraction of sp³-hybridized carbons (Fsp3) is 0.227. The van der Waals surface area contributed by atoms with Crippen LogP contribution in [-0.4, -0.2) is 28.0 Å². The van der Waals surface area contributed by atoms with Crippen LogP contribution in [-0.2, 0) is 14.8 Å². The second-order valence-electron chi connectivity index (χ2n) is 7.83. The maximum atomic E-state index is 12.9. The summed E-state index contributed by atoms with van der Waals surface area (Å²) in [6.45, 7) is 3.85.